The van der Waals surface area contributed by atoms with Crippen LogP contribution in [0.3, 0.4) is 0 Å². The van der Waals surface area contributed by atoms with Crippen LogP contribution >= 0.6 is 11.3 Å². The van der Waals surface area contributed by atoms with Gasteiger partial charge in [0.2, 0.25) is 0 Å². The van der Waals surface area contributed by atoms with Gasteiger partial charge in [0, 0.05) is 33.8 Å². The molecule has 1 amide bonds. The van der Waals surface area contributed by atoms with Crippen molar-refractivity contribution in [2.45, 2.75) is 0 Å². The summed E-state index contributed by atoms with van der Waals surface area (Å²) in [6, 6.07) is 10.1. The first kappa shape index (κ1) is 18.9. The van der Waals surface area contributed by atoms with Gasteiger partial charge >= 0.3 is 5.69 Å². The van der Waals surface area contributed by atoms with Crippen molar-refractivity contribution < 1.29 is 19.4 Å². The van der Waals surface area contributed by atoms with E-state index in [0.717, 1.165) is 4.70 Å². The number of carbonyl (C=O) groups is 1. The van der Waals surface area contributed by atoms with Gasteiger partial charge in [-0.15, -0.1) is 11.3 Å². The number of thiophene rings is 1. The summed E-state index contributed by atoms with van der Waals surface area (Å²) >= 11 is 1.17. The number of benzene rings is 2. The van der Waals surface area contributed by atoms with Crippen LogP contribution in [0.5, 0.6) is 5.75 Å². The van der Waals surface area contributed by atoms with Crippen molar-refractivity contribution in [1.29, 1.82) is 0 Å². The number of nitrogens with one attached hydrogen (secondary N) is 1. The molecule has 3 aromatic rings. The summed E-state index contributed by atoms with van der Waals surface area (Å²) in [4.78, 5) is 33.3. The molecule has 28 heavy (non-hydrogen) atoms. The zero-order chi connectivity index (χ0) is 20.3. The summed E-state index contributed by atoms with van der Waals surface area (Å²) in [6.07, 6.45) is 1.27. The molecule has 0 atom stereocenters. The first-order valence-electron chi connectivity index (χ1n) is 7.73. The SMILES string of the molecule is COc1ccc(/C=N\NC(=O)c2cc3cc([N+](=O)[O-])ccc3s2)cc1[N+](=O)[O-]. The van der Waals surface area contributed by atoms with E-state index in [1.54, 1.807) is 12.1 Å². The molecule has 0 spiro atoms. The Kier molecular flexibility index (Phi) is 5.27. The number of rotatable bonds is 6. The fourth-order valence-corrected chi connectivity index (χ4v) is 3.34. The lowest BCUT2D eigenvalue weighted by atomic mass is 10.2. The van der Waals surface area contributed by atoms with E-state index in [9.17, 15) is 25.0 Å². The second-order valence-electron chi connectivity index (χ2n) is 5.48. The predicted molar refractivity (Wildman–Crippen MR) is 103 cm³/mol. The lowest BCUT2D eigenvalue weighted by Gasteiger charge is -2.02. The smallest absolute Gasteiger partial charge is 0.311 e. The number of nitrogens with zero attached hydrogens (tertiary/aromatic N) is 3. The summed E-state index contributed by atoms with van der Waals surface area (Å²) in [7, 11) is 1.33. The average Bonchev–Trinajstić information content (AvgIpc) is 3.11. The number of non-ortho nitro benzene ring substituents is 1. The fourth-order valence-electron chi connectivity index (χ4n) is 2.41. The highest BCUT2D eigenvalue weighted by molar-refractivity contribution is 7.20. The van der Waals surface area contributed by atoms with Crippen molar-refractivity contribution >= 4 is 44.9 Å². The van der Waals surface area contributed by atoms with Crippen LogP contribution in [0.15, 0.2) is 47.6 Å². The molecule has 0 aliphatic heterocycles. The van der Waals surface area contributed by atoms with Crippen LogP contribution < -0.4 is 10.2 Å². The molecule has 11 heteroatoms. The van der Waals surface area contributed by atoms with Gasteiger partial charge < -0.3 is 4.74 Å². The zero-order valence-electron chi connectivity index (χ0n) is 14.3. The standard InChI is InChI=1S/C17H12N4O6S/c1-27-14-4-2-10(6-13(14)21(25)26)9-18-19-17(22)16-8-11-7-12(20(23)24)3-5-15(11)28-16/h2-9H,1H3,(H,19,22)/b18-9-. The van der Waals surface area contributed by atoms with Crippen molar-refractivity contribution in [2.24, 2.45) is 5.10 Å². The Balaban J connectivity index is 1.75. The zero-order valence-corrected chi connectivity index (χ0v) is 15.1. The van der Waals surface area contributed by atoms with Crippen LogP contribution in [-0.2, 0) is 0 Å². The number of hydrogen-bond donors (Lipinski definition) is 1. The molecule has 2 aromatic carbocycles. The first-order valence-corrected chi connectivity index (χ1v) is 8.54. The van der Waals surface area contributed by atoms with E-state index in [4.69, 9.17) is 4.74 Å². The predicted octanol–water partition coefficient (Wildman–Crippen LogP) is 3.49. The number of ether oxygens (including phenoxy) is 1. The molecule has 0 aliphatic rings. The second kappa shape index (κ2) is 7.80. The van der Waals surface area contributed by atoms with Crippen molar-refractivity contribution in [3.8, 4) is 5.75 Å². The van der Waals surface area contributed by atoms with Gasteiger partial charge in [-0.1, -0.05) is 0 Å². The normalized spacial score (nSPS) is 10.9. The average molecular weight is 400 g/mol. The maximum absolute atomic E-state index is 12.2. The third kappa shape index (κ3) is 3.94. The summed E-state index contributed by atoms with van der Waals surface area (Å²) in [5.41, 5.74) is 2.45. The highest BCUT2D eigenvalue weighted by Crippen LogP contribution is 2.29. The maximum Gasteiger partial charge on any atom is 0.311 e. The highest BCUT2D eigenvalue weighted by atomic mass is 32.1. The molecule has 0 radical (unpaired) electrons. The Morgan fingerprint density at radius 2 is 1.93 bits per heavy atom. The second-order valence-corrected chi connectivity index (χ2v) is 6.56. The molecule has 0 unspecified atom stereocenters. The molecule has 1 N–H and O–H groups in total. The largest absolute Gasteiger partial charge is 0.490 e. The quantitative estimate of drug-likeness (QED) is 0.382. The Morgan fingerprint density at radius 3 is 2.61 bits per heavy atom. The molecule has 142 valence electrons. The summed E-state index contributed by atoms with van der Waals surface area (Å²) in [5.74, 6) is -0.381. The third-order valence-electron chi connectivity index (χ3n) is 3.71. The lowest BCUT2D eigenvalue weighted by Crippen LogP contribution is -2.16. The number of fused-ring (bicyclic) bond motifs is 1. The van der Waals surface area contributed by atoms with E-state index in [1.807, 2.05) is 0 Å². The number of amides is 1. The number of methoxy groups -OCH3 is 1. The van der Waals surface area contributed by atoms with E-state index >= 15 is 0 Å². The summed E-state index contributed by atoms with van der Waals surface area (Å²) in [6.45, 7) is 0. The van der Waals surface area contributed by atoms with Crippen molar-refractivity contribution in [1.82, 2.24) is 5.43 Å². The molecular weight excluding hydrogens is 388 g/mol. The van der Waals surface area contributed by atoms with Gasteiger partial charge in [-0.3, -0.25) is 25.0 Å². The monoisotopic (exact) mass is 400 g/mol. The highest BCUT2D eigenvalue weighted by Gasteiger charge is 2.15. The van der Waals surface area contributed by atoms with Crippen LogP contribution in [0.1, 0.15) is 15.2 Å². The van der Waals surface area contributed by atoms with Gasteiger partial charge in [-0.05, 0) is 24.3 Å². The van der Waals surface area contributed by atoms with Crippen LogP contribution in [0.4, 0.5) is 11.4 Å². The Morgan fingerprint density at radius 1 is 1.14 bits per heavy atom. The van der Waals surface area contributed by atoms with Gasteiger partial charge in [0.05, 0.1) is 28.0 Å². The number of hydrogen-bond acceptors (Lipinski definition) is 8. The Bertz CT molecular complexity index is 1120. The minimum absolute atomic E-state index is 0.0589. The van der Waals surface area contributed by atoms with E-state index in [0.29, 0.717) is 15.8 Å². The van der Waals surface area contributed by atoms with Crippen molar-refractivity contribution in [3.05, 3.63) is 73.1 Å². The number of carbonyl (C=O) groups excluding carboxylic acids is 1. The lowest BCUT2D eigenvalue weighted by molar-refractivity contribution is -0.385. The molecule has 10 nitrogen and oxygen atoms in total. The van der Waals surface area contributed by atoms with Crippen molar-refractivity contribution in [3.63, 3.8) is 0 Å². The third-order valence-corrected chi connectivity index (χ3v) is 4.83. The summed E-state index contributed by atoms with van der Waals surface area (Å²) in [5, 5.41) is 26.2. The topological polar surface area (TPSA) is 137 Å². The number of nitro benzene ring substituents is 2. The number of nitro groups is 2. The minimum Gasteiger partial charge on any atom is -0.490 e. The van der Waals surface area contributed by atoms with Crippen LogP contribution in [-0.4, -0.2) is 29.1 Å². The summed E-state index contributed by atoms with van der Waals surface area (Å²) < 4.78 is 5.64. The van der Waals surface area contributed by atoms with E-state index in [1.165, 1.54) is 55.0 Å². The van der Waals surface area contributed by atoms with E-state index in [2.05, 4.69) is 10.5 Å². The van der Waals surface area contributed by atoms with Crippen LogP contribution in [0, 0.1) is 20.2 Å². The molecule has 1 aromatic heterocycles. The molecule has 0 saturated carbocycles. The molecule has 0 fully saturated rings. The fraction of sp³-hybridized carbons (Fsp3) is 0.0588. The number of hydrazone groups is 1. The molecule has 1 heterocycles. The van der Waals surface area contributed by atoms with Crippen molar-refractivity contribution in [2.75, 3.05) is 7.11 Å². The van der Waals surface area contributed by atoms with Gasteiger partial charge in [0.15, 0.2) is 5.75 Å². The molecular formula is C17H12N4O6S. The van der Waals surface area contributed by atoms with Gasteiger partial charge in [-0.2, -0.15) is 5.10 Å². The molecule has 3 rings (SSSR count). The molecule has 0 bridgehead atoms. The maximum atomic E-state index is 12.2. The van der Waals surface area contributed by atoms with Gasteiger partial charge in [-0.25, -0.2) is 5.43 Å². The van der Waals surface area contributed by atoms with E-state index < -0.39 is 15.8 Å². The van der Waals surface area contributed by atoms with E-state index in [-0.39, 0.29) is 17.1 Å². The Labute approximate surface area is 161 Å². The first-order chi connectivity index (χ1) is 13.4. The van der Waals surface area contributed by atoms with Crippen LogP contribution in [0.2, 0.25) is 0 Å². The Hall–Kier alpha value is -3.86. The molecule has 0 aliphatic carbocycles. The molecule has 0 saturated heterocycles. The minimum atomic E-state index is -0.578. The van der Waals surface area contributed by atoms with Crippen LogP contribution in [0.25, 0.3) is 10.1 Å². The van der Waals surface area contributed by atoms with Gasteiger partial charge in [0.1, 0.15) is 0 Å². The van der Waals surface area contributed by atoms with Gasteiger partial charge in [0.25, 0.3) is 11.6 Å².